The van der Waals surface area contributed by atoms with Gasteiger partial charge in [-0.2, -0.15) is 0 Å². The summed E-state index contributed by atoms with van der Waals surface area (Å²) >= 11 is 5.05. The molecule has 0 amide bonds. The van der Waals surface area contributed by atoms with E-state index >= 15 is 0 Å². The van der Waals surface area contributed by atoms with Crippen molar-refractivity contribution >= 4 is 43.1 Å². The van der Waals surface area contributed by atoms with Crippen LogP contribution in [-0.2, 0) is 0 Å². The summed E-state index contributed by atoms with van der Waals surface area (Å²) in [5.74, 6) is 0.0119. The molecule has 72 valence electrons. The van der Waals surface area contributed by atoms with E-state index in [0.29, 0.717) is 5.69 Å². The number of nitrogens with zero attached hydrogens (tertiary/aromatic N) is 1. The number of aryl methyl sites for hydroxylation is 1. The van der Waals surface area contributed by atoms with Gasteiger partial charge in [-0.15, -0.1) is 11.3 Å². The van der Waals surface area contributed by atoms with E-state index in [1.54, 1.807) is 18.3 Å². The van der Waals surface area contributed by atoms with Gasteiger partial charge in [0.05, 0.1) is 0 Å². The molecule has 0 unspecified atom stereocenters. The van der Waals surface area contributed by atoms with Crippen molar-refractivity contribution in [3.8, 4) is 0 Å². The number of fused-ring (bicyclic) bond motifs is 1. The molecule has 0 aliphatic heterocycles. The van der Waals surface area contributed by atoms with Crippen LogP contribution in [0.2, 0.25) is 0 Å². The second kappa shape index (κ2) is 3.44. The first-order valence-electron chi connectivity index (χ1n) is 4.15. The Bertz CT molecular complexity index is 518. The van der Waals surface area contributed by atoms with Crippen LogP contribution in [0, 0.1) is 6.92 Å². The summed E-state index contributed by atoms with van der Waals surface area (Å²) in [6, 6.07) is 2.00. The van der Waals surface area contributed by atoms with Gasteiger partial charge < -0.3 is 0 Å². The number of carbonyl (C=O) groups is 1. The van der Waals surface area contributed by atoms with Crippen LogP contribution in [0.5, 0.6) is 0 Å². The topological polar surface area (TPSA) is 30.0 Å². The minimum absolute atomic E-state index is 0.0119. The number of ketones is 1. The smallest absolute Gasteiger partial charge is 0.178 e. The van der Waals surface area contributed by atoms with E-state index in [1.807, 2.05) is 18.4 Å². The largest absolute Gasteiger partial charge is 0.293 e. The van der Waals surface area contributed by atoms with E-state index < -0.39 is 0 Å². The molecule has 2 nitrogen and oxygen atoms in total. The highest BCUT2D eigenvalue weighted by Crippen LogP contribution is 2.32. The van der Waals surface area contributed by atoms with Gasteiger partial charge in [-0.1, -0.05) is 0 Å². The molecule has 0 saturated carbocycles. The molecule has 2 heterocycles. The Hall–Kier alpha value is -0.740. The van der Waals surface area contributed by atoms with Crippen LogP contribution in [0.1, 0.15) is 23.1 Å². The van der Waals surface area contributed by atoms with Gasteiger partial charge in [0.25, 0.3) is 0 Å². The van der Waals surface area contributed by atoms with Gasteiger partial charge in [-0.25, -0.2) is 4.98 Å². The Balaban J connectivity index is 2.90. The lowest BCUT2D eigenvalue weighted by molar-refractivity contribution is 0.101. The summed E-state index contributed by atoms with van der Waals surface area (Å²) in [7, 11) is 0. The number of thiophene rings is 1. The molecule has 0 aliphatic carbocycles. The minimum atomic E-state index is 0.0119. The van der Waals surface area contributed by atoms with Crippen molar-refractivity contribution in [1.29, 1.82) is 0 Å². The average molecular weight is 270 g/mol. The number of aromatic nitrogens is 1. The summed E-state index contributed by atoms with van der Waals surface area (Å²) in [6.45, 7) is 3.45. The summed E-state index contributed by atoms with van der Waals surface area (Å²) in [4.78, 5) is 15.6. The Morgan fingerprint density at radius 1 is 1.57 bits per heavy atom. The third-order valence-corrected chi connectivity index (χ3v) is 3.83. The minimum Gasteiger partial charge on any atom is -0.293 e. The van der Waals surface area contributed by atoms with Crippen LogP contribution < -0.4 is 0 Å². The lowest BCUT2D eigenvalue weighted by atomic mass is 10.2. The van der Waals surface area contributed by atoms with E-state index in [0.717, 1.165) is 20.3 Å². The lowest BCUT2D eigenvalue weighted by Gasteiger charge is -2.00. The number of Topliss-reactive ketones (excluding diaryl/α,β-unsaturated/α-hetero) is 1. The monoisotopic (exact) mass is 269 g/mol. The number of hydrogen-bond acceptors (Lipinski definition) is 3. The van der Waals surface area contributed by atoms with Crippen molar-refractivity contribution in [2.75, 3.05) is 0 Å². The first-order chi connectivity index (χ1) is 6.59. The molecule has 0 bridgehead atoms. The molecule has 0 radical (unpaired) electrons. The molecule has 2 aromatic heterocycles. The van der Waals surface area contributed by atoms with Crippen LogP contribution in [0.3, 0.4) is 0 Å². The van der Waals surface area contributed by atoms with Crippen molar-refractivity contribution in [1.82, 2.24) is 4.98 Å². The highest BCUT2D eigenvalue weighted by atomic mass is 79.9. The molecule has 0 fully saturated rings. The highest BCUT2D eigenvalue weighted by Gasteiger charge is 2.12. The van der Waals surface area contributed by atoms with Crippen LogP contribution >= 0.6 is 27.3 Å². The molecule has 0 spiro atoms. The Morgan fingerprint density at radius 3 is 2.93 bits per heavy atom. The Kier molecular flexibility index (Phi) is 2.41. The van der Waals surface area contributed by atoms with Gasteiger partial charge in [0, 0.05) is 32.6 Å². The van der Waals surface area contributed by atoms with E-state index in [9.17, 15) is 4.79 Å². The fraction of sp³-hybridized carbons (Fsp3) is 0.200. The zero-order valence-electron chi connectivity index (χ0n) is 7.80. The number of rotatable bonds is 1. The maximum Gasteiger partial charge on any atom is 0.178 e. The molecule has 0 N–H and O–H groups in total. The van der Waals surface area contributed by atoms with Gasteiger partial charge in [0.2, 0.25) is 0 Å². The molecule has 0 aromatic carbocycles. The quantitative estimate of drug-likeness (QED) is 0.741. The van der Waals surface area contributed by atoms with Crippen molar-refractivity contribution in [3.63, 3.8) is 0 Å². The van der Waals surface area contributed by atoms with Crippen LogP contribution in [0.15, 0.2) is 15.9 Å². The average Bonchev–Trinajstić information content (AvgIpc) is 2.46. The summed E-state index contributed by atoms with van der Waals surface area (Å²) < 4.78 is 2.06. The number of halogens is 1. The molecule has 0 saturated heterocycles. The molecule has 14 heavy (non-hydrogen) atoms. The zero-order chi connectivity index (χ0) is 10.3. The van der Waals surface area contributed by atoms with E-state index in [-0.39, 0.29) is 5.78 Å². The van der Waals surface area contributed by atoms with Crippen LogP contribution in [-0.4, -0.2) is 10.8 Å². The molecular weight excluding hydrogens is 262 g/mol. The van der Waals surface area contributed by atoms with E-state index in [2.05, 4.69) is 20.9 Å². The molecule has 4 heteroatoms. The normalized spacial score (nSPS) is 10.8. The van der Waals surface area contributed by atoms with Gasteiger partial charge >= 0.3 is 0 Å². The third-order valence-electron chi connectivity index (χ3n) is 1.97. The fourth-order valence-corrected chi connectivity index (χ4v) is 3.12. The van der Waals surface area contributed by atoms with Gasteiger partial charge in [0.15, 0.2) is 5.78 Å². The van der Waals surface area contributed by atoms with Crippen LogP contribution in [0.25, 0.3) is 10.1 Å². The van der Waals surface area contributed by atoms with Gasteiger partial charge in [0.1, 0.15) is 5.69 Å². The molecule has 0 aliphatic rings. The predicted molar refractivity (Wildman–Crippen MR) is 62.1 cm³/mol. The second-order valence-electron chi connectivity index (χ2n) is 3.13. The van der Waals surface area contributed by atoms with Gasteiger partial charge in [-0.3, -0.25) is 4.79 Å². The van der Waals surface area contributed by atoms with Crippen molar-refractivity contribution in [2.45, 2.75) is 13.8 Å². The molecule has 2 aromatic rings. The van der Waals surface area contributed by atoms with Gasteiger partial charge in [-0.05, 0) is 28.9 Å². The Morgan fingerprint density at radius 2 is 2.29 bits per heavy atom. The van der Waals surface area contributed by atoms with Crippen LogP contribution in [0.4, 0.5) is 0 Å². The number of pyridine rings is 1. The maximum absolute atomic E-state index is 11.4. The van der Waals surface area contributed by atoms with E-state index in [4.69, 9.17) is 0 Å². The summed E-state index contributed by atoms with van der Waals surface area (Å²) in [5, 5.41) is 2.92. The molecule has 0 atom stereocenters. The predicted octanol–water partition coefficient (Wildman–Crippen LogP) is 3.57. The molecule has 2 rings (SSSR count). The standard InChI is InChI=1S/C10H8BrNOS/c1-5-3-8-9(7(11)4-14-8)10(12-5)6(2)13/h3-4H,1-2H3. The first kappa shape index (κ1) is 9.80. The van der Waals surface area contributed by atoms with Crippen molar-refractivity contribution in [3.05, 3.63) is 27.3 Å². The first-order valence-corrected chi connectivity index (χ1v) is 5.82. The Labute approximate surface area is 94.1 Å². The van der Waals surface area contributed by atoms with Crippen molar-refractivity contribution in [2.24, 2.45) is 0 Å². The summed E-state index contributed by atoms with van der Waals surface area (Å²) in [5.41, 5.74) is 1.45. The lowest BCUT2D eigenvalue weighted by Crippen LogP contribution is -1.98. The summed E-state index contributed by atoms with van der Waals surface area (Å²) in [6.07, 6.45) is 0. The van der Waals surface area contributed by atoms with E-state index in [1.165, 1.54) is 0 Å². The SMILES string of the molecule is CC(=O)c1nc(C)cc2scc(Br)c12. The van der Waals surface area contributed by atoms with Crippen molar-refractivity contribution < 1.29 is 4.79 Å². The third kappa shape index (κ3) is 1.48. The fourth-order valence-electron chi connectivity index (χ4n) is 1.40. The zero-order valence-corrected chi connectivity index (χ0v) is 10.2. The second-order valence-corrected chi connectivity index (χ2v) is 4.89. The number of hydrogen-bond donors (Lipinski definition) is 0. The maximum atomic E-state index is 11.4. The number of carbonyl (C=O) groups excluding carboxylic acids is 1. The highest BCUT2D eigenvalue weighted by molar-refractivity contribution is 9.10. The molecular formula is C10H8BrNOS.